The Morgan fingerprint density at radius 3 is 2.78 bits per heavy atom. The summed E-state index contributed by atoms with van der Waals surface area (Å²) in [5.74, 6) is 1.20. The molecule has 7 heteroatoms. The second-order valence-corrected chi connectivity index (χ2v) is 4.19. The lowest BCUT2D eigenvalue weighted by molar-refractivity contribution is 0.0793. The van der Waals surface area contributed by atoms with Crippen LogP contribution < -0.4 is 10.1 Å². The van der Waals surface area contributed by atoms with E-state index in [0.29, 0.717) is 42.6 Å². The van der Waals surface area contributed by atoms with E-state index < -0.39 is 0 Å². The van der Waals surface area contributed by atoms with Crippen LogP contribution in [0.25, 0.3) is 0 Å². The lowest BCUT2D eigenvalue weighted by atomic mass is 10.5. The second kappa shape index (κ2) is 9.07. The van der Waals surface area contributed by atoms with Crippen molar-refractivity contribution in [2.75, 3.05) is 45.9 Å². The van der Waals surface area contributed by atoms with E-state index in [1.807, 2.05) is 0 Å². The number of hydrogen-bond acceptors (Lipinski definition) is 6. The molecule has 1 rings (SSSR count). The first-order valence-electron chi connectivity index (χ1n) is 5.67. The normalized spacial score (nSPS) is 10.4. The average Bonchev–Trinajstić information content (AvgIpc) is 2.39. The van der Waals surface area contributed by atoms with E-state index in [0.717, 1.165) is 6.42 Å². The molecular formula is C11H18BrN3O3. The molecular weight excluding hydrogens is 302 g/mol. The molecule has 0 atom stereocenters. The zero-order chi connectivity index (χ0) is 13.2. The number of nitrogens with one attached hydrogen (secondary N) is 1. The molecule has 1 N–H and O–H groups in total. The number of methoxy groups -OCH3 is 1. The molecule has 0 bridgehead atoms. The third kappa shape index (κ3) is 5.16. The molecule has 1 aromatic rings. The second-order valence-electron chi connectivity index (χ2n) is 3.40. The first kappa shape index (κ1) is 15.1. The Balaban J connectivity index is 2.23. The van der Waals surface area contributed by atoms with E-state index in [1.54, 1.807) is 14.2 Å². The molecule has 102 valence electrons. The summed E-state index contributed by atoms with van der Waals surface area (Å²) in [6.07, 6.45) is 2.34. The van der Waals surface area contributed by atoms with Gasteiger partial charge in [-0.05, 0) is 22.4 Å². The molecule has 1 aromatic heterocycles. The van der Waals surface area contributed by atoms with Gasteiger partial charge in [0.1, 0.15) is 23.2 Å². The Hall–Kier alpha value is -0.920. The Morgan fingerprint density at radius 2 is 2.06 bits per heavy atom. The molecule has 0 amide bonds. The molecule has 0 saturated carbocycles. The minimum atomic E-state index is 0.450. The minimum Gasteiger partial charge on any atom is -0.474 e. The predicted molar refractivity (Wildman–Crippen MR) is 72.1 cm³/mol. The topological polar surface area (TPSA) is 65.5 Å². The third-order valence-electron chi connectivity index (χ3n) is 2.10. The molecule has 0 aromatic carbocycles. The molecule has 0 aliphatic rings. The van der Waals surface area contributed by atoms with Crippen LogP contribution in [0.4, 0.5) is 5.82 Å². The first-order valence-corrected chi connectivity index (χ1v) is 6.46. The van der Waals surface area contributed by atoms with Crippen molar-refractivity contribution < 1.29 is 14.2 Å². The maximum atomic E-state index is 5.49. The zero-order valence-electron chi connectivity index (χ0n) is 10.6. The van der Waals surface area contributed by atoms with Crippen molar-refractivity contribution in [3.05, 3.63) is 10.8 Å². The molecule has 18 heavy (non-hydrogen) atoms. The Bertz CT molecular complexity index is 352. The highest BCUT2D eigenvalue weighted by Crippen LogP contribution is 2.27. The lowest BCUT2D eigenvalue weighted by Gasteiger charge is -2.09. The Morgan fingerprint density at radius 1 is 1.22 bits per heavy atom. The molecule has 0 saturated heterocycles. The highest BCUT2D eigenvalue weighted by Gasteiger charge is 2.08. The van der Waals surface area contributed by atoms with Gasteiger partial charge in [-0.3, -0.25) is 0 Å². The molecule has 0 aliphatic carbocycles. The maximum absolute atomic E-state index is 5.49. The van der Waals surface area contributed by atoms with Gasteiger partial charge in [-0.25, -0.2) is 9.97 Å². The number of ether oxygens (including phenoxy) is 3. The van der Waals surface area contributed by atoms with Crippen molar-refractivity contribution in [3.63, 3.8) is 0 Å². The lowest BCUT2D eigenvalue weighted by Crippen LogP contribution is -2.10. The largest absolute Gasteiger partial charge is 0.474 e. The van der Waals surface area contributed by atoms with Gasteiger partial charge in [0.15, 0.2) is 0 Å². The molecule has 0 aliphatic heterocycles. The van der Waals surface area contributed by atoms with Crippen LogP contribution >= 0.6 is 15.9 Å². The van der Waals surface area contributed by atoms with Gasteiger partial charge in [-0.15, -0.1) is 0 Å². The van der Waals surface area contributed by atoms with E-state index in [1.165, 1.54) is 6.33 Å². The Kier molecular flexibility index (Phi) is 7.63. The number of halogens is 1. The van der Waals surface area contributed by atoms with Crippen molar-refractivity contribution in [2.24, 2.45) is 0 Å². The van der Waals surface area contributed by atoms with Gasteiger partial charge in [-0.1, -0.05) is 0 Å². The van der Waals surface area contributed by atoms with Crippen molar-refractivity contribution in [1.82, 2.24) is 9.97 Å². The quantitative estimate of drug-likeness (QED) is 0.699. The molecule has 0 spiro atoms. The molecule has 0 fully saturated rings. The van der Waals surface area contributed by atoms with Crippen molar-refractivity contribution >= 4 is 21.7 Å². The fourth-order valence-corrected chi connectivity index (χ4v) is 1.75. The van der Waals surface area contributed by atoms with Crippen LogP contribution in [0.5, 0.6) is 5.88 Å². The van der Waals surface area contributed by atoms with Crippen LogP contribution in [0.3, 0.4) is 0 Å². The molecule has 0 radical (unpaired) electrons. The number of anilines is 1. The summed E-state index contributed by atoms with van der Waals surface area (Å²) in [4.78, 5) is 8.08. The van der Waals surface area contributed by atoms with E-state index in [4.69, 9.17) is 14.2 Å². The van der Waals surface area contributed by atoms with E-state index in [2.05, 4.69) is 31.2 Å². The van der Waals surface area contributed by atoms with Gasteiger partial charge in [0.2, 0.25) is 5.88 Å². The highest BCUT2D eigenvalue weighted by molar-refractivity contribution is 9.10. The van der Waals surface area contributed by atoms with Crippen LogP contribution in [0.2, 0.25) is 0 Å². The molecule has 0 unspecified atom stereocenters. The summed E-state index contributed by atoms with van der Waals surface area (Å²) in [5.41, 5.74) is 0. The van der Waals surface area contributed by atoms with Gasteiger partial charge < -0.3 is 19.5 Å². The van der Waals surface area contributed by atoms with E-state index >= 15 is 0 Å². The van der Waals surface area contributed by atoms with Crippen molar-refractivity contribution in [1.29, 1.82) is 0 Å². The SMILES string of the molecule is CNc1ncnc(OCCOCCCOC)c1Br. The predicted octanol–water partition coefficient (Wildman–Crippen LogP) is 1.71. The van der Waals surface area contributed by atoms with Gasteiger partial charge in [0.05, 0.1) is 6.61 Å². The summed E-state index contributed by atoms with van der Waals surface area (Å²) in [6, 6.07) is 0. The summed E-state index contributed by atoms with van der Waals surface area (Å²) < 4.78 is 16.5. The van der Waals surface area contributed by atoms with Gasteiger partial charge >= 0.3 is 0 Å². The summed E-state index contributed by atoms with van der Waals surface area (Å²) in [5, 5.41) is 2.94. The summed E-state index contributed by atoms with van der Waals surface area (Å²) in [7, 11) is 3.46. The van der Waals surface area contributed by atoms with Crippen LogP contribution in [0, 0.1) is 0 Å². The van der Waals surface area contributed by atoms with Crippen molar-refractivity contribution in [3.8, 4) is 5.88 Å². The van der Waals surface area contributed by atoms with E-state index in [9.17, 15) is 0 Å². The first-order chi connectivity index (χ1) is 8.79. The van der Waals surface area contributed by atoms with Crippen LogP contribution in [0.1, 0.15) is 6.42 Å². The molecule has 1 heterocycles. The smallest absolute Gasteiger partial charge is 0.233 e. The maximum Gasteiger partial charge on any atom is 0.233 e. The fraction of sp³-hybridized carbons (Fsp3) is 0.636. The minimum absolute atomic E-state index is 0.450. The summed E-state index contributed by atoms with van der Waals surface area (Å²) in [6.45, 7) is 2.36. The van der Waals surface area contributed by atoms with Crippen LogP contribution in [-0.4, -0.2) is 50.6 Å². The summed E-state index contributed by atoms with van der Waals surface area (Å²) >= 11 is 3.37. The van der Waals surface area contributed by atoms with Crippen LogP contribution in [-0.2, 0) is 9.47 Å². The van der Waals surface area contributed by atoms with E-state index in [-0.39, 0.29) is 0 Å². The standard InChI is InChI=1S/C11H18BrN3O3/c1-13-10-9(12)11(15-8-14-10)18-7-6-17-5-3-4-16-2/h8H,3-7H2,1-2H3,(H,13,14,15). The average molecular weight is 320 g/mol. The van der Waals surface area contributed by atoms with Crippen LogP contribution in [0.15, 0.2) is 10.8 Å². The van der Waals surface area contributed by atoms with Gasteiger partial charge in [-0.2, -0.15) is 0 Å². The molecule has 6 nitrogen and oxygen atoms in total. The van der Waals surface area contributed by atoms with Gasteiger partial charge in [0, 0.05) is 27.4 Å². The third-order valence-corrected chi connectivity index (χ3v) is 2.81. The monoisotopic (exact) mass is 319 g/mol. The van der Waals surface area contributed by atoms with Crippen molar-refractivity contribution in [2.45, 2.75) is 6.42 Å². The zero-order valence-corrected chi connectivity index (χ0v) is 12.2. The highest BCUT2D eigenvalue weighted by atomic mass is 79.9. The number of rotatable bonds is 9. The fourth-order valence-electron chi connectivity index (χ4n) is 1.23. The number of hydrogen-bond donors (Lipinski definition) is 1. The number of aromatic nitrogens is 2. The Labute approximate surface area is 115 Å². The van der Waals surface area contributed by atoms with Gasteiger partial charge in [0.25, 0.3) is 0 Å². The number of nitrogens with zero attached hydrogens (tertiary/aromatic N) is 2.